The van der Waals surface area contributed by atoms with Crippen molar-refractivity contribution in [2.45, 2.75) is 12.4 Å². The van der Waals surface area contributed by atoms with Gasteiger partial charge in [-0.15, -0.1) is 0 Å². The van der Waals surface area contributed by atoms with Gasteiger partial charge in [-0.2, -0.15) is 26.3 Å². The van der Waals surface area contributed by atoms with Crippen LogP contribution in [0.4, 0.5) is 37.7 Å². The number of nitro groups is 2. The molecule has 0 heterocycles. The van der Waals surface area contributed by atoms with Gasteiger partial charge in [-0.05, 0) is 36.4 Å². The predicted octanol–water partition coefficient (Wildman–Crippen LogP) is 11.3. The van der Waals surface area contributed by atoms with E-state index >= 15 is 0 Å². The van der Waals surface area contributed by atoms with Gasteiger partial charge in [0.1, 0.15) is 0 Å². The average Bonchev–Trinajstić information content (AvgIpc) is 2.86. The minimum absolute atomic E-state index is 0.234. The Morgan fingerprint density at radius 3 is 1.19 bits per heavy atom. The fourth-order valence-corrected chi connectivity index (χ4v) is 5.01. The molecule has 0 aliphatic heterocycles. The lowest BCUT2D eigenvalue weighted by atomic mass is 10.0. The van der Waals surface area contributed by atoms with Crippen LogP contribution in [0.5, 0.6) is 11.5 Å². The topological polar surface area (TPSA) is 95.5 Å². The predicted molar refractivity (Wildman–Crippen MR) is 147 cm³/mol. The molecular weight excluding hydrogens is 676 g/mol. The summed E-state index contributed by atoms with van der Waals surface area (Å²) in [5.74, 6) is -1.39. The first kappa shape index (κ1) is 32.1. The molecular formula is C26H10Cl4F6N2O5. The number of alkyl halides is 6. The van der Waals surface area contributed by atoms with Crippen LogP contribution in [0, 0.1) is 20.2 Å². The Labute approximate surface area is 256 Å². The lowest BCUT2D eigenvalue weighted by Gasteiger charge is -2.15. The van der Waals surface area contributed by atoms with Gasteiger partial charge in [0.15, 0.2) is 0 Å². The number of nitro benzene ring substituents is 2. The van der Waals surface area contributed by atoms with Crippen molar-refractivity contribution < 1.29 is 40.9 Å². The Kier molecular flexibility index (Phi) is 8.76. The summed E-state index contributed by atoms with van der Waals surface area (Å²) < 4.78 is 84.4. The van der Waals surface area contributed by atoms with E-state index in [0.29, 0.717) is 24.3 Å². The summed E-state index contributed by atoms with van der Waals surface area (Å²) in [4.78, 5) is 22.4. The number of benzene rings is 4. The van der Waals surface area contributed by atoms with Crippen molar-refractivity contribution in [3.8, 4) is 33.8 Å². The Balaban J connectivity index is 1.93. The van der Waals surface area contributed by atoms with Crippen LogP contribution < -0.4 is 4.74 Å². The second kappa shape index (κ2) is 11.7. The summed E-state index contributed by atoms with van der Waals surface area (Å²) >= 11 is 24.4. The van der Waals surface area contributed by atoms with Gasteiger partial charge < -0.3 is 4.74 Å². The maximum atomic E-state index is 13.1. The van der Waals surface area contributed by atoms with Crippen molar-refractivity contribution in [2.75, 3.05) is 0 Å². The zero-order valence-corrected chi connectivity index (χ0v) is 23.5. The Morgan fingerprint density at radius 1 is 0.558 bits per heavy atom. The quantitative estimate of drug-likeness (QED) is 0.114. The number of hydrogen-bond donors (Lipinski definition) is 0. The van der Waals surface area contributed by atoms with Gasteiger partial charge in [0, 0.05) is 43.4 Å². The molecule has 0 atom stereocenters. The van der Waals surface area contributed by atoms with Gasteiger partial charge in [0.05, 0.1) is 32.1 Å². The molecule has 0 saturated carbocycles. The minimum Gasteiger partial charge on any atom is -0.443 e. The summed E-state index contributed by atoms with van der Waals surface area (Å²) in [5, 5.41) is 22.8. The second-order valence-corrected chi connectivity index (χ2v) is 10.3. The summed E-state index contributed by atoms with van der Waals surface area (Å²) in [6.07, 6.45) is -9.54. The SMILES string of the molecule is O=[N+]([O-])c1c(Oc2cc(Cl)cc(-c3ccc(C(F)(F)F)cc3Cl)c2[N+](=O)[O-])cc(Cl)cc1-c1ccc(C(F)(F)F)cc1Cl. The molecule has 0 aromatic heterocycles. The molecule has 4 aromatic rings. The lowest BCUT2D eigenvalue weighted by molar-refractivity contribution is -0.386. The van der Waals surface area contributed by atoms with E-state index in [1.165, 1.54) is 0 Å². The molecule has 224 valence electrons. The van der Waals surface area contributed by atoms with Gasteiger partial charge in [-0.25, -0.2) is 0 Å². The molecule has 0 unspecified atom stereocenters. The summed E-state index contributed by atoms with van der Waals surface area (Å²) in [6.45, 7) is 0. The van der Waals surface area contributed by atoms with Gasteiger partial charge >= 0.3 is 23.7 Å². The van der Waals surface area contributed by atoms with Gasteiger partial charge in [0.25, 0.3) is 0 Å². The van der Waals surface area contributed by atoms with Gasteiger partial charge in [-0.3, -0.25) is 20.2 Å². The van der Waals surface area contributed by atoms with E-state index in [4.69, 9.17) is 51.1 Å². The highest BCUT2D eigenvalue weighted by atomic mass is 35.5. The molecule has 17 heteroatoms. The van der Waals surface area contributed by atoms with Crippen molar-refractivity contribution >= 4 is 57.8 Å². The molecule has 0 N–H and O–H groups in total. The van der Waals surface area contributed by atoms with Crippen LogP contribution in [0.15, 0.2) is 60.7 Å². The second-order valence-electron chi connectivity index (χ2n) is 8.60. The fourth-order valence-electron chi connectivity index (χ4n) is 4.03. The fraction of sp³-hybridized carbons (Fsp3) is 0.0769. The Hall–Kier alpha value is -3.78. The third kappa shape index (κ3) is 6.74. The summed E-state index contributed by atoms with van der Waals surface area (Å²) in [7, 11) is 0. The van der Waals surface area contributed by atoms with E-state index in [9.17, 15) is 46.6 Å². The molecule has 0 aliphatic rings. The largest absolute Gasteiger partial charge is 0.443 e. The molecule has 4 rings (SSSR count). The van der Waals surface area contributed by atoms with Crippen molar-refractivity contribution in [3.05, 3.63) is 112 Å². The van der Waals surface area contributed by atoms with Crippen LogP contribution in [-0.4, -0.2) is 9.85 Å². The molecule has 0 fully saturated rings. The first-order valence-electron chi connectivity index (χ1n) is 11.3. The van der Waals surface area contributed by atoms with Crippen molar-refractivity contribution in [1.29, 1.82) is 0 Å². The summed E-state index contributed by atoms with van der Waals surface area (Å²) in [5.41, 5.74) is -5.29. The molecule has 0 aliphatic carbocycles. The maximum Gasteiger partial charge on any atom is 0.416 e. The van der Waals surface area contributed by atoms with Crippen LogP contribution >= 0.6 is 46.4 Å². The number of hydrogen-bond acceptors (Lipinski definition) is 5. The summed E-state index contributed by atoms with van der Waals surface area (Å²) in [6, 6.07) is 7.99. The zero-order valence-electron chi connectivity index (χ0n) is 20.5. The number of halogens is 10. The molecule has 4 aromatic carbocycles. The van der Waals surface area contributed by atoms with E-state index in [1.807, 2.05) is 0 Å². The zero-order chi connectivity index (χ0) is 32.0. The molecule has 0 radical (unpaired) electrons. The smallest absolute Gasteiger partial charge is 0.416 e. The monoisotopic (exact) mass is 684 g/mol. The molecule has 0 bridgehead atoms. The lowest BCUT2D eigenvalue weighted by Crippen LogP contribution is -2.05. The average molecular weight is 686 g/mol. The number of rotatable bonds is 6. The normalized spacial score (nSPS) is 11.9. The van der Waals surface area contributed by atoms with Gasteiger partial charge in [0.2, 0.25) is 11.5 Å². The maximum absolute atomic E-state index is 13.1. The highest BCUT2D eigenvalue weighted by molar-refractivity contribution is 6.35. The van der Waals surface area contributed by atoms with Crippen molar-refractivity contribution in [1.82, 2.24) is 0 Å². The molecule has 0 saturated heterocycles. The molecule has 7 nitrogen and oxygen atoms in total. The van der Waals surface area contributed by atoms with E-state index in [-0.39, 0.29) is 32.3 Å². The van der Waals surface area contributed by atoms with Crippen LogP contribution in [0.25, 0.3) is 22.3 Å². The van der Waals surface area contributed by atoms with E-state index in [0.717, 1.165) is 36.4 Å². The standard InChI is InChI=1S/C26H10Cl4F6N2O5/c27-13-7-17(15-3-1-11(5-19(15)29)25(31,32)33)23(37(39)40)21(9-13)43-22-10-14(28)8-18(24(22)38(41)42)16-4-2-12(6-20(16)30)26(34,35)36/h1-10H. The minimum atomic E-state index is -4.77. The van der Waals surface area contributed by atoms with E-state index in [1.54, 1.807) is 0 Å². The highest BCUT2D eigenvalue weighted by Gasteiger charge is 2.34. The third-order valence-corrected chi connectivity index (χ3v) is 6.90. The van der Waals surface area contributed by atoms with Crippen LogP contribution in [-0.2, 0) is 12.4 Å². The first-order chi connectivity index (χ1) is 19.9. The highest BCUT2D eigenvalue weighted by Crippen LogP contribution is 2.49. The third-order valence-electron chi connectivity index (χ3n) is 5.84. The van der Waals surface area contributed by atoms with Crippen LogP contribution in [0.3, 0.4) is 0 Å². The van der Waals surface area contributed by atoms with Crippen molar-refractivity contribution in [3.63, 3.8) is 0 Å². The van der Waals surface area contributed by atoms with Crippen LogP contribution in [0.2, 0.25) is 20.1 Å². The van der Waals surface area contributed by atoms with Crippen LogP contribution in [0.1, 0.15) is 11.1 Å². The first-order valence-corrected chi connectivity index (χ1v) is 12.8. The Morgan fingerprint density at radius 2 is 0.907 bits per heavy atom. The van der Waals surface area contributed by atoms with Crippen molar-refractivity contribution in [2.24, 2.45) is 0 Å². The number of ether oxygens (including phenoxy) is 1. The van der Waals surface area contributed by atoms with Gasteiger partial charge in [-0.1, -0.05) is 58.5 Å². The van der Waals surface area contributed by atoms with E-state index < -0.39 is 66.2 Å². The Bertz CT molecular complexity index is 1670. The molecule has 43 heavy (non-hydrogen) atoms. The number of nitrogens with zero attached hydrogens (tertiary/aromatic N) is 2. The molecule has 0 spiro atoms. The molecule has 0 amide bonds. The van der Waals surface area contributed by atoms with E-state index in [2.05, 4.69) is 0 Å².